The predicted octanol–water partition coefficient (Wildman–Crippen LogP) is 2.14. The number of nitrogens with two attached hydrogens (primary N) is 1. The molecule has 4 heteroatoms. The van der Waals surface area contributed by atoms with Gasteiger partial charge in [0.1, 0.15) is 16.9 Å². The summed E-state index contributed by atoms with van der Waals surface area (Å²) >= 11 is 0. The predicted molar refractivity (Wildman–Crippen MR) is 73.0 cm³/mol. The lowest BCUT2D eigenvalue weighted by Crippen LogP contribution is -2.54. The molecule has 1 aromatic carbocycles. The topological polar surface area (TPSA) is 61.6 Å². The number of hydrogen-bond acceptors (Lipinski definition) is 4. The highest BCUT2D eigenvalue weighted by Crippen LogP contribution is 2.43. The summed E-state index contributed by atoms with van der Waals surface area (Å²) in [5.41, 5.74) is 6.58. The number of hydrogen-bond donors (Lipinski definition) is 1. The smallest absolute Gasteiger partial charge is 0.330 e. The summed E-state index contributed by atoms with van der Waals surface area (Å²) in [6, 6.07) is 5.83. The highest BCUT2D eigenvalue weighted by atomic mass is 16.5. The van der Waals surface area contributed by atoms with E-state index in [1.165, 1.54) is 7.11 Å². The number of fused-ring (bicyclic) bond motifs is 1. The Kier molecular flexibility index (Phi) is 3.31. The van der Waals surface area contributed by atoms with Gasteiger partial charge in [-0.1, -0.05) is 13.0 Å². The maximum absolute atomic E-state index is 12.1. The minimum atomic E-state index is -1.14. The monoisotopic (exact) mass is 263 g/mol. The third kappa shape index (κ3) is 2.32. The molecule has 0 bridgehead atoms. The molecule has 0 saturated heterocycles. The van der Waals surface area contributed by atoms with E-state index in [-0.39, 0.29) is 0 Å². The number of methoxy groups -OCH3 is 1. The molecule has 1 unspecified atom stereocenters. The van der Waals surface area contributed by atoms with E-state index in [1.807, 2.05) is 32.0 Å². The van der Waals surface area contributed by atoms with Crippen molar-refractivity contribution < 1.29 is 14.3 Å². The van der Waals surface area contributed by atoms with Crippen LogP contribution in [0.1, 0.15) is 38.3 Å². The van der Waals surface area contributed by atoms with Crippen LogP contribution in [0, 0.1) is 0 Å². The second-order valence-corrected chi connectivity index (χ2v) is 5.69. The van der Waals surface area contributed by atoms with Gasteiger partial charge in [-0.3, -0.25) is 0 Å². The second kappa shape index (κ2) is 4.53. The highest BCUT2D eigenvalue weighted by Gasteiger charge is 2.48. The summed E-state index contributed by atoms with van der Waals surface area (Å²) in [5, 5.41) is 0. The summed E-state index contributed by atoms with van der Waals surface area (Å²) in [7, 11) is 1.36. The fourth-order valence-electron chi connectivity index (χ4n) is 2.70. The third-order valence-electron chi connectivity index (χ3n) is 3.57. The van der Waals surface area contributed by atoms with Crippen molar-refractivity contribution in [3.05, 3.63) is 29.3 Å². The van der Waals surface area contributed by atoms with Crippen molar-refractivity contribution in [3.63, 3.8) is 0 Å². The highest BCUT2D eigenvalue weighted by molar-refractivity contribution is 5.84. The molecule has 0 spiro atoms. The van der Waals surface area contributed by atoms with Crippen molar-refractivity contribution in [1.82, 2.24) is 0 Å². The summed E-state index contributed by atoms with van der Waals surface area (Å²) in [5.74, 6) is 0.250. The van der Waals surface area contributed by atoms with E-state index in [0.29, 0.717) is 12.2 Å². The van der Waals surface area contributed by atoms with Crippen molar-refractivity contribution >= 4 is 5.97 Å². The molecule has 1 aliphatic heterocycles. The number of rotatable bonds is 2. The van der Waals surface area contributed by atoms with Crippen LogP contribution in [0.15, 0.2) is 18.2 Å². The van der Waals surface area contributed by atoms with Gasteiger partial charge in [0.25, 0.3) is 0 Å². The van der Waals surface area contributed by atoms with Crippen LogP contribution < -0.4 is 10.5 Å². The van der Waals surface area contributed by atoms with Crippen LogP contribution in [0.5, 0.6) is 5.75 Å². The number of ether oxygens (including phenoxy) is 2. The molecule has 104 valence electrons. The Hall–Kier alpha value is -1.55. The standard InChI is InChI=1S/C15H21NO3/c1-5-10-6-7-12-11(8-10)15(16,13(17)18-4)9-14(2,3)19-12/h6-8H,5,9,16H2,1-4H3. The number of esters is 1. The molecule has 0 radical (unpaired) electrons. The largest absolute Gasteiger partial charge is 0.487 e. The molecule has 19 heavy (non-hydrogen) atoms. The molecule has 0 saturated carbocycles. The van der Waals surface area contributed by atoms with Gasteiger partial charge in [0, 0.05) is 12.0 Å². The molecule has 0 aliphatic carbocycles. The van der Waals surface area contributed by atoms with E-state index in [4.69, 9.17) is 15.2 Å². The first-order valence-electron chi connectivity index (χ1n) is 6.52. The van der Waals surface area contributed by atoms with E-state index in [1.54, 1.807) is 0 Å². The van der Waals surface area contributed by atoms with Crippen LogP contribution in [0.3, 0.4) is 0 Å². The van der Waals surface area contributed by atoms with Gasteiger partial charge in [-0.05, 0) is 38.0 Å². The van der Waals surface area contributed by atoms with E-state index in [0.717, 1.165) is 17.5 Å². The lowest BCUT2D eigenvalue weighted by Gasteiger charge is -2.42. The molecule has 0 fully saturated rings. The Labute approximate surface area is 113 Å². The van der Waals surface area contributed by atoms with Gasteiger partial charge in [-0.2, -0.15) is 0 Å². The lowest BCUT2D eigenvalue weighted by molar-refractivity contribution is -0.151. The van der Waals surface area contributed by atoms with E-state index >= 15 is 0 Å². The molecular formula is C15H21NO3. The molecule has 1 aliphatic rings. The molecule has 0 amide bonds. The van der Waals surface area contributed by atoms with Gasteiger partial charge in [0.05, 0.1) is 7.11 Å². The normalized spacial score (nSPS) is 24.3. The minimum absolute atomic E-state index is 0.396. The van der Waals surface area contributed by atoms with E-state index < -0.39 is 17.1 Å². The molecule has 2 rings (SSSR count). The maximum atomic E-state index is 12.1. The zero-order chi connectivity index (χ0) is 14.3. The number of benzene rings is 1. The van der Waals surface area contributed by atoms with Crippen LogP contribution in [0.2, 0.25) is 0 Å². The summed E-state index contributed by atoms with van der Waals surface area (Å²) < 4.78 is 10.8. The summed E-state index contributed by atoms with van der Waals surface area (Å²) in [4.78, 5) is 12.1. The first-order valence-corrected chi connectivity index (χ1v) is 6.52. The molecule has 1 aromatic rings. The van der Waals surface area contributed by atoms with E-state index in [9.17, 15) is 4.79 Å². The molecule has 0 aromatic heterocycles. The minimum Gasteiger partial charge on any atom is -0.487 e. The Morgan fingerprint density at radius 1 is 1.47 bits per heavy atom. The quantitative estimate of drug-likeness (QED) is 0.830. The van der Waals surface area contributed by atoms with Crippen LogP contribution in [-0.2, 0) is 21.5 Å². The summed E-state index contributed by atoms with van der Waals surface area (Å²) in [6.45, 7) is 5.91. The van der Waals surface area contributed by atoms with Gasteiger partial charge in [-0.15, -0.1) is 0 Å². The molecular weight excluding hydrogens is 242 g/mol. The van der Waals surface area contributed by atoms with Gasteiger partial charge in [0.15, 0.2) is 0 Å². The van der Waals surface area contributed by atoms with E-state index in [2.05, 4.69) is 6.92 Å². The molecule has 1 atom stereocenters. The Morgan fingerprint density at radius 3 is 2.74 bits per heavy atom. The second-order valence-electron chi connectivity index (χ2n) is 5.69. The fourth-order valence-corrected chi connectivity index (χ4v) is 2.70. The maximum Gasteiger partial charge on any atom is 0.330 e. The van der Waals surface area contributed by atoms with Crippen molar-refractivity contribution in [2.24, 2.45) is 5.73 Å². The van der Waals surface area contributed by atoms with Gasteiger partial charge in [-0.25, -0.2) is 4.79 Å². The fraction of sp³-hybridized carbons (Fsp3) is 0.533. The Morgan fingerprint density at radius 2 is 2.16 bits per heavy atom. The molecule has 2 N–H and O–H groups in total. The Balaban J connectivity index is 2.60. The Bertz CT molecular complexity index is 510. The average molecular weight is 263 g/mol. The zero-order valence-corrected chi connectivity index (χ0v) is 11.9. The van der Waals surface area contributed by atoms with Gasteiger partial charge < -0.3 is 15.2 Å². The van der Waals surface area contributed by atoms with Crippen LogP contribution in [0.4, 0.5) is 0 Å². The molecule has 1 heterocycles. The van der Waals surface area contributed by atoms with Crippen LogP contribution >= 0.6 is 0 Å². The first-order chi connectivity index (χ1) is 8.82. The summed E-state index contributed by atoms with van der Waals surface area (Å²) in [6.07, 6.45) is 1.28. The number of carbonyl (C=O) groups excluding carboxylic acids is 1. The van der Waals surface area contributed by atoms with Gasteiger partial charge in [0.2, 0.25) is 0 Å². The third-order valence-corrected chi connectivity index (χ3v) is 3.57. The average Bonchev–Trinajstić information content (AvgIpc) is 2.36. The van der Waals surface area contributed by atoms with Crippen molar-refractivity contribution in [2.75, 3.05) is 7.11 Å². The van der Waals surface area contributed by atoms with Gasteiger partial charge >= 0.3 is 5.97 Å². The van der Waals surface area contributed by atoms with Crippen molar-refractivity contribution in [1.29, 1.82) is 0 Å². The van der Waals surface area contributed by atoms with Crippen molar-refractivity contribution in [2.45, 2.75) is 44.8 Å². The zero-order valence-electron chi connectivity index (χ0n) is 11.9. The van der Waals surface area contributed by atoms with Crippen LogP contribution in [0.25, 0.3) is 0 Å². The number of aryl methyl sites for hydroxylation is 1. The first kappa shape index (κ1) is 13.9. The van der Waals surface area contributed by atoms with Crippen molar-refractivity contribution in [3.8, 4) is 5.75 Å². The number of carbonyl (C=O) groups is 1. The van der Waals surface area contributed by atoms with Crippen LogP contribution in [-0.4, -0.2) is 18.7 Å². The SMILES string of the molecule is CCc1ccc2c(c1)C(N)(C(=O)OC)CC(C)(C)O2. The lowest BCUT2D eigenvalue weighted by atomic mass is 9.77. The molecule has 4 nitrogen and oxygen atoms in total.